The van der Waals surface area contributed by atoms with Crippen molar-refractivity contribution in [2.45, 2.75) is 6.54 Å². The molecule has 80 valence electrons. The third-order valence-corrected chi connectivity index (χ3v) is 2.08. The summed E-state index contributed by atoms with van der Waals surface area (Å²) in [6.45, 7) is 0.0440. The van der Waals surface area contributed by atoms with Crippen molar-refractivity contribution in [1.29, 1.82) is 0 Å². The Labute approximate surface area is 94.9 Å². The van der Waals surface area contributed by atoms with Crippen LogP contribution in [-0.4, -0.2) is 29.4 Å². The summed E-state index contributed by atoms with van der Waals surface area (Å²) in [5.41, 5.74) is 5.48. The predicted octanol–water partition coefficient (Wildman–Crippen LogP) is -1.45. The molecule has 0 aliphatic carbocycles. The molecule has 0 radical (unpaired) electrons. The number of hydrogen-bond acceptors (Lipinski definition) is 5. The van der Waals surface area contributed by atoms with Crippen molar-refractivity contribution in [2.24, 2.45) is 5.73 Å². The first kappa shape index (κ1) is 10.3. The number of aromatic nitrogens is 5. The van der Waals surface area contributed by atoms with E-state index < -0.39 is 5.69 Å². The predicted molar refractivity (Wildman–Crippen MR) is 59.8 cm³/mol. The van der Waals surface area contributed by atoms with E-state index in [0.717, 1.165) is 4.68 Å². The quantitative estimate of drug-likeness (QED) is 0.505. The molecule has 2 aromatic rings. The molecule has 0 fully saturated rings. The summed E-state index contributed by atoms with van der Waals surface area (Å²) >= 11 is 4.76. The summed E-state index contributed by atoms with van der Waals surface area (Å²) < 4.78 is 2.23. The molecule has 2 N–H and O–H groups in total. The number of fused-ring (bicyclic) bond motifs is 1. The lowest BCUT2D eigenvalue weighted by Gasteiger charge is -1.98. The Morgan fingerprint density at radius 2 is 2.44 bits per heavy atom. The van der Waals surface area contributed by atoms with Gasteiger partial charge in [0.25, 0.3) is 0 Å². The minimum absolute atomic E-state index is 0.0440. The van der Waals surface area contributed by atoms with Crippen LogP contribution in [0.3, 0.4) is 0 Å². The van der Waals surface area contributed by atoms with Crippen molar-refractivity contribution in [3.8, 4) is 12.3 Å². The van der Waals surface area contributed by atoms with Gasteiger partial charge < -0.3 is 5.73 Å². The van der Waals surface area contributed by atoms with E-state index in [4.69, 9.17) is 24.4 Å². The zero-order chi connectivity index (χ0) is 11.7. The Morgan fingerprint density at radius 1 is 1.69 bits per heavy atom. The Kier molecular flexibility index (Phi) is 2.38. The first-order valence-corrected chi connectivity index (χ1v) is 4.60. The highest BCUT2D eigenvalue weighted by Crippen LogP contribution is 2.01. The van der Waals surface area contributed by atoms with Gasteiger partial charge in [-0.3, -0.25) is 0 Å². The summed E-state index contributed by atoms with van der Waals surface area (Å²) in [6.07, 6.45) is 6.37. The maximum absolute atomic E-state index is 11.8. The molecule has 2 heterocycles. The summed E-state index contributed by atoms with van der Waals surface area (Å²) in [7, 11) is 0. The maximum Gasteiger partial charge on any atom is 0.353 e. The van der Waals surface area contributed by atoms with Crippen molar-refractivity contribution >= 4 is 22.9 Å². The Morgan fingerprint density at radius 3 is 3.06 bits per heavy atom. The van der Waals surface area contributed by atoms with E-state index in [-0.39, 0.29) is 22.9 Å². The van der Waals surface area contributed by atoms with Gasteiger partial charge in [-0.05, 0) is 0 Å². The number of nitrogens with two attached hydrogens (primary N) is 1. The van der Waals surface area contributed by atoms with Crippen LogP contribution in [0.1, 0.15) is 5.69 Å². The molecular weight excluding hydrogens is 228 g/mol. The third kappa shape index (κ3) is 1.43. The molecule has 7 nitrogen and oxygen atoms in total. The lowest BCUT2D eigenvalue weighted by molar-refractivity contribution is 0.576. The highest BCUT2D eigenvalue weighted by Gasteiger charge is 2.12. The van der Waals surface area contributed by atoms with Crippen LogP contribution < -0.4 is 11.4 Å². The van der Waals surface area contributed by atoms with Crippen LogP contribution in [0.2, 0.25) is 0 Å². The highest BCUT2D eigenvalue weighted by molar-refractivity contribution is 7.80. The van der Waals surface area contributed by atoms with Gasteiger partial charge in [0.1, 0.15) is 23.6 Å². The number of imidazole rings is 1. The van der Waals surface area contributed by atoms with E-state index in [1.54, 1.807) is 0 Å². The SMILES string of the molecule is C#CCn1nnc2c(C(N)=S)ncn2c1=O. The van der Waals surface area contributed by atoms with Gasteiger partial charge in [-0.1, -0.05) is 23.4 Å². The first-order chi connectivity index (χ1) is 7.65. The summed E-state index contributed by atoms with van der Waals surface area (Å²) in [4.78, 5) is 15.7. The lowest BCUT2D eigenvalue weighted by atomic mass is 10.4. The van der Waals surface area contributed by atoms with Gasteiger partial charge >= 0.3 is 5.69 Å². The minimum atomic E-state index is -0.432. The molecule has 0 amide bonds. The largest absolute Gasteiger partial charge is 0.388 e. The van der Waals surface area contributed by atoms with Gasteiger partial charge in [0.15, 0.2) is 5.65 Å². The molecule has 0 spiro atoms. The van der Waals surface area contributed by atoms with Crippen molar-refractivity contribution in [3.05, 3.63) is 22.5 Å². The smallest absolute Gasteiger partial charge is 0.353 e. The monoisotopic (exact) mass is 234 g/mol. The zero-order valence-electron chi connectivity index (χ0n) is 7.99. The molecule has 0 saturated heterocycles. The second-order valence-corrected chi connectivity index (χ2v) is 3.32. The van der Waals surface area contributed by atoms with Crippen LogP contribution in [0, 0.1) is 12.3 Å². The topological polar surface area (TPSA) is 91.1 Å². The minimum Gasteiger partial charge on any atom is -0.388 e. The molecule has 16 heavy (non-hydrogen) atoms. The number of terminal acetylenes is 1. The molecule has 2 aromatic heterocycles. The maximum atomic E-state index is 11.8. The molecule has 0 unspecified atom stereocenters. The molecule has 0 bridgehead atoms. The van der Waals surface area contributed by atoms with E-state index in [0.29, 0.717) is 0 Å². The normalized spacial score (nSPS) is 10.2. The Balaban J connectivity index is 2.75. The van der Waals surface area contributed by atoms with Crippen LogP contribution in [0.5, 0.6) is 0 Å². The van der Waals surface area contributed by atoms with E-state index >= 15 is 0 Å². The molecule has 8 heteroatoms. The molecule has 0 aliphatic heterocycles. The van der Waals surface area contributed by atoms with Crippen molar-refractivity contribution in [1.82, 2.24) is 24.4 Å². The van der Waals surface area contributed by atoms with Crippen LogP contribution in [-0.2, 0) is 6.54 Å². The molecule has 0 saturated carbocycles. The molecule has 2 rings (SSSR count). The summed E-state index contributed by atoms with van der Waals surface area (Å²) in [6, 6.07) is 0. The van der Waals surface area contributed by atoms with E-state index in [1.807, 2.05) is 0 Å². The van der Waals surface area contributed by atoms with Crippen LogP contribution in [0.25, 0.3) is 5.65 Å². The molecule has 0 atom stereocenters. The standard InChI is InChI=1S/C8H6N6OS/c1-2-3-14-8(15)13-4-10-5(6(9)16)7(13)11-12-14/h1,4H,3H2,(H2,9,16). The first-order valence-electron chi connectivity index (χ1n) is 4.19. The van der Waals surface area contributed by atoms with Gasteiger partial charge in [0, 0.05) is 0 Å². The number of nitrogens with zero attached hydrogens (tertiary/aromatic N) is 5. The zero-order valence-corrected chi connectivity index (χ0v) is 8.81. The number of rotatable bonds is 2. The van der Waals surface area contributed by atoms with E-state index in [9.17, 15) is 4.79 Å². The summed E-state index contributed by atoms with van der Waals surface area (Å²) in [5.74, 6) is 2.30. The lowest BCUT2D eigenvalue weighted by Crippen LogP contribution is -2.29. The molecular formula is C8H6N6OS. The second kappa shape index (κ2) is 3.71. The Hall–Kier alpha value is -2.27. The molecule has 0 aliphatic rings. The van der Waals surface area contributed by atoms with Gasteiger partial charge in [-0.25, -0.2) is 14.2 Å². The fraction of sp³-hybridized carbons (Fsp3) is 0.125. The number of thiocarbonyl (C=S) groups is 1. The fourth-order valence-electron chi connectivity index (χ4n) is 1.20. The molecule has 0 aromatic carbocycles. The van der Waals surface area contributed by atoms with E-state index in [1.165, 1.54) is 10.7 Å². The van der Waals surface area contributed by atoms with Gasteiger partial charge in [-0.15, -0.1) is 11.5 Å². The van der Waals surface area contributed by atoms with Crippen LogP contribution >= 0.6 is 12.2 Å². The highest BCUT2D eigenvalue weighted by atomic mass is 32.1. The van der Waals surface area contributed by atoms with Gasteiger partial charge in [0.2, 0.25) is 0 Å². The third-order valence-electron chi connectivity index (χ3n) is 1.89. The fourth-order valence-corrected chi connectivity index (χ4v) is 1.34. The van der Waals surface area contributed by atoms with Crippen LogP contribution in [0.15, 0.2) is 11.1 Å². The average molecular weight is 234 g/mol. The second-order valence-electron chi connectivity index (χ2n) is 2.88. The van der Waals surface area contributed by atoms with Crippen molar-refractivity contribution in [3.63, 3.8) is 0 Å². The Bertz CT molecular complexity index is 663. The summed E-state index contributed by atoms with van der Waals surface area (Å²) in [5, 5.41) is 7.44. The van der Waals surface area contributed by atoms with Crippen LogP contribution in [0.4, 0.5) is 0 Å². The average Bonchev–Trinajstić information content (AvgIpc) is 2.67. The van der Waals surface area contributed by atoms with Crippen molar-refractivity contribution < 1.29 is 0 Å². The van der Waals surface area contributed by atoms with Crippen molar-refractivity contribution in [2.75, 3.05) is 0 Å². The van der Waals surface area contributed by atoms with E-state index in [2.05, 4.69) is 21.2 Å². The van der Waals surface area contributed by atoms with Gasteiger partial charge in [-0.2, -0.15) is 4.68 Å². The number of hydrogen-bond donors (Lipinski definition) is 1. The van der Waals surface area contributed by atoms with Gasteiger partial charge in [0.05, 0.1) is 0 Å².